The lowest BCUT2D eigenvalue weighted by Gasteiger charge is -2.32. The van der Waals surface area contributed by atoms with Crippen LogP contribution in [0.2, 0.25) is 5.02 Å². The van der Waals surface area contributed by atoms with Crippen LogP contribution >= 0.6 is 23.4 Å². The first kappa shape index (κ1) is 24.8. The third kappa shape index (κ3) is 6.43. The van der Waals surface area contributed by atoms with Crippen molar-refractivity contribution in [3.05, 3.63) is 95.0 Å². The zero-order valence-corrected chi connectivity index (χ0v) is 19.7. The molecule has 1 aliphatic heterocycles. The van der Waals surface area contributed by atoms with E-state index in [0.717, 1.165) is 29.5 Å². The zero-order valence-electron chi connectivity index (χ0n) is 18.1. The van der Waals surface area contributed by atoms with Gasteiger partial charge in [-0.25, -0.2) is 4.99 Å². The van der Waals surface area contributed by atoms with Gasteiger partial charge in [0.1, 0.15) is 5.25 Å². The summed E-state index contributed by atoms with van der Waals surface area (Å²) in [6, 6.07) is 20.3. The number of carbonyl (C=O) groups excluding carboxylic acids is 2. The average Bonchev–Trinajstić information content (AvgIpc) is 2.81. The Bertz CT molecular complexity index is 1270. The molecule has 1 N–H and O–H groups in total. The normalized spacial score (nSPS) is 17.5. The number of aliphatic imine (C=N–C) groups is 1. The van der Waals surface area contributed by atoms with Crippen molar-refractivity contribution in [1.82, 2.24) is 4.90 Å². The Hall–Kier alpha value is -3.30. The summed E-state index contributed by atoms with van der Waals surface area (Å²) in [5.41, 5.74) is 0.471. The van der Waals surface area contributed by atoms with Crippen LogP contribution in [-0.4, -0.2) is 27.1 Å². The van der Waals surface area contributed by atoms with Crippen LogP contribution in [0.25, 0.3) is 0 Å². The van der Waals surface area contributed by atoms with Crippen LogP contribution in [0.15, 0.2) is 83.9 Å². The van der Waals surface area contributed by atoms with E-state index in [9.17, 15) is 22.8 Å². The molecule has 5 nitrogen and oxygen atoms in total. The molecule has 1 unspecified atom stereocenters. The number of halogens is 4. The third-order valence-corrected chi connectivity index (χ3v) is 6.53. The predicted octanol–water partition coefficient (Wildman–Crippen LogP) is 6.52. The number of benzene rings is 3. The number of nitrogens with one attached hydrogen (secondary N) is 1. The first-order chi connectivity index (χ1) is 16.7. The largest absolute Gasteiger partial charge is 0.416 e. The maximum absolute atomic E-state index is 13.2. The molecule has 0 aliphatic carbocycles. The third-order valence-electron chi connectivity index (χ3n) is 5.11. The van der Waals surface area contributed by atoms with Crippen molar-refractivity contribution in [1.29, 1.82) is 0 Å². The number of amidine groups is 1. The van der Waals surface area contributed by atoms with Crippen molar-refractivity contribution >= 4 is 51.7 Å². The Morgan fingerprint density at radius 2 is 1.80 bits per heavy atom. The number of carbonyl (C=O) groups is 2. The lowest BCUT2D eigenvalue weighted by Crippen LogP contribution is -2.44. The van der Waals surface area contributed by atoms with E-state index in [2.05, 4.69) is 10.3 Å². The van der Waals surface area contributed by atoms with Gasteiger partial charge in [0.15, 0.2) is 5.17 Å². The molecule has 3 aromatic rings. The van der Waals surface area contributed by atoms with Crippen LogP contribution in [0.4, 0.5) is 24.5 Å². The molecule has 1 heterocycles. The summed E-state index contributed by atoms with van der Waals surface area (Å²) in [7, 11) is 0. The number of hydrogen-bond acceptors (Lipinski definition) is 4. The molecule has 1 aliphatic rings. The van der Waals surface area contributed by atoms with E-state index in [1.165, 1.54) is 17.0 Å². The van der Waals surface area contributed by atoms with Crippen molar-refractivity contribution in [3.8, 4) is 0 Å². The van der Waals surface area contributed by atoms with Crippen LogP contribution in [0, 0.1) is 0 Å². The lowest BCUT2D eigenvalue weighted by atomic mass is 10.2. The highest BCUT2D eigenvalue weighted by molar-refractivity contribution is 8.15. The van der Waals surface area contributed by atoms with Gasteiger partial charge in [-0.2, -0.15) is 13.2 Å². The van der Waals surface area contributed by atoms with Gasteiger partial charge in [-0.15, -0.1) is 0 Å². The topological polar surface area (TPSA) is 61.8 Å². The lowest BCUT2D eigenvalue weighted by molar-refractivity contribution is -0.137. The monoisotopic (exact) mass is 517 g/mol. The zero-order chi connectivity index (χ0) is 25.0. The minimum Gasteiger partial charge on any atom is -0.325 e. The van der Waals surface area contributed by atoms with Crippen LogP contribution in [0.3, 0.4) is 0 Å². The van der Waals surface area contributed by atoms with Gasteiger partial charge in [-0.1, -0.05) is 65.8 Å². The molecule has 35 heavy (non-hydrogen) atoms. The molecule has 4 rings (SSSR count). The van der Waals surface area contributed by atoms with E-state index < -0.39 is 22.9 Å². The highest BCUT2D eigenvalue weighted by atomic mass is 35.5. The molecule has 10 heteroatoms. The minimum atomic E-state index is -4.53. The second-order valence-electron chi connectivity index (χ2n) is 7.72. The predicted molar refractivity (Wildman–Crippen MR) is 132 cm³/mol. The van der Waals surface area contributed by atoms with Gasteiger partial charge in [0, 0.05) is 17.1 Å². The molecule has 3 aromatic carbocycles. The first-order valence-electron chi connectivity index (χ1n) is 10.5. The molecule has 0 bridgehead atoms. The molecule has 1 saturated heterocycles. The van der Waals surface area contributed by atoms with Gasteiger partial charge in [-0.05, 0) is 42.0 Å². The fourth-order valence-corrected chi connectivity index (χ4v) is 4.70. The Morgan fingerprint density at radius 3 is 2.51 bits per heavy atom. The van der Waals surface area contributed by atoms with Crippen LogP contribution in [0.1, 0.15) is 17.5 Å². The number of alkyl halides is 3. The van der Waals surface area contributed by atoms with Crippen LogP contribution in [0.5, 0.6) is 0 Å². The van der Waals surface area contributed by atoms with Gasteiger partial charge in [-0.3, -0.25) is 14.5 Å². The summed E-state index contributed by atoms with van der Waals surface area (Å²) in [5.74, 6) is -0.786. The van der Waals surface area contributed by atoms with E-state index in [-0.39, 0.29) is 29.7 Å². The average molecular weight is 518 g/mol. The Labute approximate surface area is 209 Å². The van der Waals surface area contributed by atoms with Gasteiger partial charge in [0.2, 0.25) is 11.8 Å². The Morgan fingerprint density at radius 1 is 1.06 bits per heavy atom. The highest BCUT2D eigenvalue weighted by Gasteiger charge is 2.36. The highest BCUT2D eigenvalue weighted by Crippen LogP contribution is 2.34. The van der Waals surface area contributed by atoms with E-state index in [4.69, 9.17) is 11.6 Å². The molecular weight excluding hydrogens is 499 g/mol. The van der Waals surface area contributed by atoms with Crippen LogP contribution < -0.4 is 5.32 Å². The second-order valence-corrected chi connectivity index (χ2v) is 9.32. The second kappa shape index (κ2) is 10.5. The molecule has 2 amide bonds. The number of rotatable bonds is 5. The van der Waals surface area contributed by atoms with E-state index in [1.807, 2.05) is 30.3 Å². The van der Waals surface area contributed by atoms with E-state index in [0.29, 0.717) is 10.7 Å². The molecular formula is C25H19ClF3N3O2S. The van der Waals surface area contributed by atoms with Gasteiger partial charge >= 0.3 is 6.18 Å². The molecule has 1 fully saturated rings. The van der Waals surface area contributed by atoms with E-state index in [1.54, 1.807) is 24.3 Å². The van der Waals surface area contributed by atoms with Crippen molar-refractivity contribution in [2.75, 3.05) is 5.32 Å². The van der Waals surface area contributed by atoms with Crippen LogP contribution in [-0.2, 0) is 22.3 Å². The van der Waals surface area contributed by atoms with E-state index >= 15 is 0 Å². The number of amides is 2. The molecule has 1 atom stereocenters. The van der Waals surface area contributed by atoms with Crippen molar-refractivity contribution < 1.29 is 22.8 Å². The number of thioether (sulfide) groups is 1. The number of nitrogens with zero attached hydrogens (tertiary/aromatic N) is 2. The van der Waals surface area contributed by atoms with Gasteiger partial charge in [0.25, 0.3) is 0 Å². The number of anilines is 1. The number of hydrogen-bond donors (Lipinski definition) is 1. The summed E-state index contributed by atoms with van der Waals surface area (Å²) < 4.78 is 39.6. The maximum Gasteiger partial charge on any atom is 0.416 e. The van der Waals surface area contributed by atoms with Gasteiger partial charge < -0.3 is 5.32 Å². The standard InChI is InChI=1S/C25H19ClF3N3O2S/c26-18-9-5-11-20(13-18)30-23(34)21-14-22(33)32(15-16-6-2-1-3-7-16)24(35-21)31-19-10-4-8-17(12-19)25(27,28)29/h1-13,21H,14-15H2,(H,30,34). The fraction of sp³-hybridized carbons (Fsp3) is 0.160. The molecule has 0 radical (unpaired) electrons. The van der Waals surface area contributed by atoms with Crippen molar-refractivity contribution in [3.63, 3.8) is 0 Å². The van der Waals surface area contributed by atoms with Gasteiger partial charge in [0.05, 0.1) is 17.8 Å². The minimum absolute atomic E-state index is 0.0316. The quantitative estimate of drug-likeness (QED) is 0.419. The summed E-state index contributed by atoms with van der Waals surface area (Å²) in [4.78, 5) is 31.8. The molecule has 0 saturated carbocycles. The summed E-state index contributed by atoms with van der Waals surface area (Å²) in [6.07, 6.45) is -4.62. The Kier molecular flexibility index (Phi) is 7.47. The molecule has 0 spiro atoms. The molecule has 180 valence electrons. The summed E-state index contributed by atoms with van der Waals surface area (Å²) >= 11 is 7.01. The fourth-order valence-electron chi connectivity index (χ4n) is 3.41. The van der Waals surface area contributed by atoms with Crippen molar-refractivity contribution in [2.24, 2.45) is 4.99 Å². The summed E-state index contributed by atoms with van der Waals surface area (Å²) in [5, 5.41) is 2.50. The first-order valence-corrected chi connectivity index (χ1v) is 11.8. The maximum atomic E-state index is 13.2. The molecule has 0 aromatic heterocycles. The Balaban J connectivity index is 1.64. The summed E-state index contributed by atoms with van der Waals surface area (Å²) in [6.45, 7) is 0.174. The van der Waals surface area contributed by atoms with Crippen molar-refractivity contribution in [2.45, 2.75) is 24.4 Å². The SMILES string of the molecule is O=C(Nc1cccc(Cl)c1)C1CC(=O)N(Cc2ccccc2)C(=Nc2cccc(C(F)(F)F)c2)S1. The smallest absolute Gasteiger partial charge is 0.325 e.